The molecule has 0 atom stereocenters. The van der Waals surface area contributed by atoms with E-state index in [1.807, 2.05) is 18.2 Å². The fraction of sp³-hybridized carbons (Fsp3) is 0.533. The highest BCUT2D eigenvalue weighted by atomic mass is 35.5. The quantitative estimate of drug-likeness (QED) is 0.615. The predicted molar refractivity (Wildman–Crippen MR) is 76.5 cm³/mol. The molecule has 0 aromatic heterocycles. The van der Waals surface area contributed by atoms with E-state index in [1.165, 1.54) is 5.56 Å². The lowest BCUT2D eigenvalue weighted by atomic mass is 10.1. The number of fused-ring (bicyclic) bond motifs is 1. The summed E-state index contributed by atoms with van der Waals surface area (Å²) in [6, 6.07) is 5.79. The van der Waals surface area contributed by atoms with Crippen LogP contribution in [-0.2, 0) is 18.0 Å². The molecule has 0 fully saturated rings. The van der Waals surface area contributed by atoms with Crippen LogP contribution >= 0.6 is 11.6 Å². The number of unbranched alkanes of at least 4 members (excludes halogenated alkanes) is 3. The Morgan fingerprint density at radius 2 is 1.95 bits per heavy atom. The molecule has 1 aromatic carbocycles. The first-order valence-electron chi connectivity index (χ1n) is 6.85. The zero-order valence-electron chi connectivity index (χ0n) is 11.1. The van der Waals surface area contributed by atoms with Gasteiger partial charge in [0, 0.05) is 18.0 Å². The van der Waals surface area contributed by atoms with Crippen molar-refractivity contribution < 1.29 is 9.53 Å². The van der Waals surface area contributed by atoms with E-state index in [0.717, 1.165) is 49.2 Å². The lowest BCUT2D eigenvalue weighted by molar-refractivity contribution is 0.0952. The Hall–Kier alpha value is -1.06. The number of ether oxygens (including phenoxy) is 1. The van der Waals surface area contributed by atoms with E-state index in [9.17, 15) is 4.79 Å². The molecule has 1 aliphatic rings. The third-order valence-corrected chi connectivity index (χ3v) is 3.60. The second-order valence-electron chi connectivity index (χ2n) is 4.84. The van der Waals surface area contributed by atoms with Crippen molar-refractivity contribution in [3.05, 3.63) is 34.9 Å². The maximum Gasteiger partial charge on any atom is 0.251 e. The van der Waals surface area contributed by atoms with Crippen LogP contribution < -0.4 is 5.32 Å². The minimum absolute atomic E-state index is 0.00652. The standard InChI is InChI=1S/C15H20ClNO2/c16-7-3-1-2-4-8-17-15(18)12-5-6-13-10-19-11-14(13)9-12/h5-6,9H,1-4,7-8,10-11H2,(H,17,18). The van der Waals surface area contributed by atoms with Crippen LogP contribution in [0.3, 0.4) is 0 Å². The minimum atomic E-state index is 0.00652. The molecule has 0 spiro atoms. The first-order valence-corrected chi connectivity index (χ1v) is 7.38. The van der Waals surface area contributed by atoms with Gasteiger partial charge in [-0.05, 0) is 36.1 Å². The molecule has 1 aromatic rings. The van der Waals surface area contributed by atoms with Crippen molar-refractivity contribution in [2.24, 2.45) is 0 Å². The molecule has 3 nitrogen and oxygen atoms in total. The number of alkyl halides is 1. The van der Waals surface area contributed by atoms with E-state index in [-0.39, 0.29) is 5.91 Å². The van der Waals surface area contributed by atoms with Crippen LogP contribution in [0.5, 0.6) is 0 Å². The van der Waals surface area contributed by atoms with E-state index < -0.39 is 0 Å². The lowest BCUT2D eigenvalue weighted by Crippen LogP contribution is -2.24. The predicted octanol–water partition coefficient (Wildman–Crippen LogP) is 3.25. The smallest absolute Gasteiger partial charge is 0.251 e. The molecule has 0 unspecified atom stereocenters. The Kier molecular flexibility index (Phi) is 5.67. The lowest BCUT2D eigenvalue weighted by Gasteiger charge is -2.06. The van der Waals surface area contributed by atoms with Gasteiger partial charge in [0.15, 0.2) is 0 Å². The van der Waals surface area contributed by atoms with Gasteiger partial charge in [-0.25, -0.2) is 0 Å². The molecule has 104 valence electrons. The fourth-order valence-corrected chi connectivity index (χ4v) is 2.38. The van der Waals surface area contributed by atoms with Gasteiger partial charge in [0.2, 0.25) is 0 Å². The second-order valence-corrected chi connectivity index (χ2v) is 5.21. The second kappa shape index (κ2) is 7.51. The van der Waals surface area contributed by atoms with Crippen LogP contribution in [-0.4, -0.2) is 18.3 Å². The van der Waals surface area contributed by atoms with Gasteiger partial charge >= 0.3 is 0 Å². The minimum Gasteiger partial charge on any atom is -0.372 e. The molecule has 0 saturated carbocycles. The van der Waals surface area contributed by atoms with E-state index in [4.69, 9.17) is 16.3 Å². The van der Waals surface area contributed by atoms with Crippen LogP contribution in [0, 0.1) is 0 Å². The summed E-state index contributed by atoms with van der Waals surface area (Å²) in [7, 11) is 0. The first-order chi connectivity index (χ1) is 9.31. The van der Waals surface area contributed by atoms with Crippen molar-refractivity contribution in [1.29, 1.82) is 0 Å². The van der Waals surface area contributed by atoms with Crippen LogP contribution in [0.4, 0.5) is 0 Å². The molecule has 1 N–H and O–H groups in total. The van der Waals surface area contributed by atoms with Gasteiger partial charge in [0.25, 0.3) is 5.91 Å². The summed E-state index contributed by atoms with van der Waals surface area (Å²) < 4.78 is 5.34. The molecule has 0 radical (unpaired) electrons. The van der Waals surface area contributed by atoms with Crippen LogP contribution in [0.25, 0.3) is 0 Å². The monoisotopic (exact) mass is 281 g/mol. The number of carbonyl (C=O) groups excluding carboxylic acids is 1. The third-order valence-electron chi connectivity index (χ3n) is 3.33. The zero-order valence-corrected chi connectivity index (χ0v) is 11.8. The molecule has 0 aliphatic carbocycles. The molecular weight excluding hydrogens is 262 g/mol. The van der Waals surface area contributed by atoms with Gasteiger partial charge in [-0.3, -0.25) is 4.79 Å². The first kappa shape index (κ1) is 14.4. The fourth-order valence-electron chi connectivity index (χ4n) is 2.19. The number of amides is 1. The Morgan fingerprint density at radius 3 is 2.79 bits per heavy atom. The molecule has 1 amide bonds. The zero-order chi connectivity index (χ0) is 13.5. The molecule has 0 bridgehead atoms. The molecule has 1 aliphatic heterocycles. The summed E-state index contributed by atoms with van der Waals surface area (Å²) in [6.07, 6.45) is 4.32. The molecule has 1 heterocycles. The number of carbonyl (C=O) groups is 1. The van der Waals surface area contributed by atoms with Crippen LogP contribution in [0.2, 0.25) is 0 Å². The van der Waals surface area contributed by atoms with Crippen molar-refractivity contribution in [2.75, 3.05) is 12.4 Å². The summed E-state index contributed by atoms with van der Waals surface area (Å²) in [4.78, 5) is 12.0. The van der Waals surface area contributed by atoms with Crippen molar-refractivity contribution in [2.45, 2.75) is 38.9 Å². The summed E-state index contributed by atoms with van der Waals surface area (Å²) in [5.74, 6) is 0.732. The van der Waals surface area contributed by atoms with Gasteiger partial charge in [0.1, 0.15) is 0 Å². The number of benzene rings is 1. The third kappa shape index (κ3) is 4.22. The topological polar surface area (TPSA) is 38.3 Å². The molecule has 2 rings (SSSR count). The average molecular weight is 282 g/mol. The summed E-state index contributed by atoms with van der Waals surface area (Å²) in [6.45, 7) is 2.02. The highest BCUT2D eigenvalue weighted by Gasteiger charge is 2.13. The van der Waals surface area contributed by atoms with E-state index in [0.29, 0.717) is 13.2 Å². The Bertz CT molecular complexity index is 434. The number of hydrogen-bond donors (Lipinski definition) is 1. The molecule has 0 saturated heterocycles. The van der Waals surface area contributed by atoms with Gasteiger partial charge in [-0.1, -0.05) is 18.9 Å². The van der Waals surface area contributed by atoms with Gasteiger partial charge < -0.3 is 10.1 Å². The van der Waals surface area contributed by atoms with Crippen molar-refractivity contribution in [1.82, 2.24) is 5.32 Å². The normalized spacial score (nSPS) is 13.3. The van der Waals surface area contributed by atoms with Gasteiger partial charge in [-0.15, -0.1) is 11.6 Å². The Balaban J connectivity index is 1.74. The number of rotatable bonds is 7. The maximum absolute atomic E-state index is 12.0. The van der Waals surface area contributed by atoms with E-state index in [1.54, 1.807) is 0 Å². The number of nitrogens with one attached hydrogen (secondary N) is 1. The molecule has 19 heavy (non-hydrogen) atoms. The van der Waals surface area contributed by atoms with Crippen LogP contribution in [0.1, 0.15) is 47.2 Å². The number of halogens is 1. The Morgan fingerprint density at radius 1 is 1.16 bits per heavy atom. The molecular formula is C15H20ClNO2. The van der Waals surface area contributed by atoms with Crippen molar-refractivity contribution in [3.8, 4) is 0 Å². The SMILES string of the molecule is O=C(NCCCCCCCl)c1ccc2c(c1)COC2. The number of hydrogen-bond acceptors (Lipinski definition) is 2. The van der Waals surface area contributed by atoms with E-state index in [2.05, 4.69) is 5.32 Å². The largest absolute Gasteiger partial charge is 0.372 e. The highest BCUT2D eigenvalue weighted by molar-refractivity contribution is 6.17. The van der Waals surface area contributed by atoms with Crippen molar-refractivity contribution in [3.63, 3.8) is 0 Å². The summed E-state index contributed by atoms with van der Waals surface area (Å²) in [5, 5.41) is 2.95. The van der Waals surface area contributed by atoms with Gasteiger partial charge in [-0.2, -0.15) is 0 Å². The molecule has 4 heteroatoms. The van der Waals surface area contributed by atoms with Gasteiger partial charge in [0.05, 0.1) is 13.2 Å². The average Bonchev–Trinajstić information content (AvgIpc) is 2.89. The highest BCUT2D eigenvalue weighted by Crippen LogP contribution is 2.20. The van der Waals surface area contributed by atoms with Crippen LogP contribution in [0.15, 0.2) is 18.2 Å². The maximum atomic E-state index is 12.0. The Labute approximate surface area is 119 Å². The van der Waals surface area contributed by atoms with E-state index >= 15 is 0 Å². The van der Waals surface area contributed by atoms with Crippen molar-refractivity contribution >= 4 is 17.5 Å². The summed E-state index contributed by atoms with van der Waals surface area (Å²) >= 11 is 5.61. The summed E-state index contributed by atoms with van der Waals surface area (Å²) in [5.41, 5.74) is 3.05.